The zero-order chi connectivity index (χ0) is 14.0. The van der Waals surface area contributed by atoms with Gasteiger partial charge in [-0.1, -0.05) is 34.2 Å². The van der Waals surface area contributed by atoms with E-state index < -0.39 is 4.92 Å². The Kier molecular flexibility index (Phi) is 4.26. The molecule has 1 aromatic carbocycles. The number of aryl methyl sites for hydroxylation is 1. The van der Waals surface area contributed by atoms with Crippen LogP contribution in [0.4, 0.5) is 5.69 Å². The predicted octanol–water partition coefficient (Wildman–Crippen LogP) is 4.27. The molecule has 2 rings (SSSR count). The molecule has 0 N–H and O–H groups in total. The van der Waals surface area contributed by atoms with Crippen LogP contribution in [-0.2, 0) is 0 Å². The van der Waals surface area contributed by atoms with Crippen LogP contribution in [0.3, 0.4) is 0 Å². The van der Waals surface area contributed by atoms with Crippen molar-refractivity contribution in [3.05, 3.63) is 38.9 Å². The van der Waals surface area contributed by atoms with Crippen molar-refractivity contribution in [1.29, 1.82) is 0 Å². The summed E-state index contributed by atoms with van der Waals surface area (Å²) in [6.45, 7) is 3.91. The zero-order valence-corrected chi connectivity index (χ0v) is 12.9. The lowest BCUT2D eigenvalue weighted by molar-refractivity contribution is -0.384. The minimum Gasteiger partial charge on any atom is -0.258 e. The van der Waals surface area contributed by atoms with Gasteiger partial charge in [0.2, 0.25) is 0 Å². The first kappa shape index (κ1) is 14.1. The van der Waals surface area contributed by atoms with E-state index in [0.29, 0.717) is 0 Å². The van der Waals surface area contributed by atoms with E-state index >= 15 is 0 Å². The van der Waals surface area contributed by atoms with Crippen molar-refractivity contribution >= 4 is 33.0 Å². The van der Waals surface area contributed by atoms with Gasteiger partial charge in [0.1, 0.15) is 10.0 Å². The van der Waals surface area contributed by atoms with E-state index in [9.17, 15) is 10.1 Å². The van der Waals surface area contributed by atoms with Crippen LogP contribution in [-0.4, -0.2) is 15.1 Å². The highest BCUT2D eigenvalue weighted by Crippen LogP contribution is 2.34. The molecule has 0 aliphatic rings. The number of non-ortho nitro benzene ring substituents is 1. The molecule has 5 nitrogen and oxygen atoms in total. The number of rotatable bonds is 4. The van der Waals surface area contributed by atoms with E-state index in [-0.39, 0.29) is 10.5 Å². The molecule has 0 spiro atoms. The molecule has 2 aromatic rings. The molecule has 0 amide bonds. The third kappa shape index (κ3) is 2.98. The Morgan fingerprint density at radius 2 is 2.21 bits per heavy atom. The second-order valence-electron chi connectivity index (χ2n) is 4.08. The summed E-state index contributed by atoms with van der Waals surface area (Å²) >= 11 is 5.05. The summed E-state index contributed by atoms with van der Waals surface area (Å²) < 4.78 is 0. The number of hydrogen-bond acceptors (Lipinski definition) is 5. The average molecular weight is 342 g/mol. The van der Waals surface area contributed by atoms with Gasteiger partial charge in [-0.15, -0.1) is 10.2 Å². The molecule has 1 atom stereocenters. The maximum absolute atomic E-state index is 10.7. The lowest BCUT2D eigenvalue weighted by Crippen LogP contribution is -1.90. The van der Waals surface area contributed by atoms with Gasteiger partial charge in [-0.05, 0) is 25.0 Å². The first-order chi connectivity index (χ1) is 9.02. The molecule has 7 heteroatoms. The Balaban J connectivity index is 2.37. The molecule has 0 fully saturated rings. The summed E-state index contributed by atoms with van der Waals surface area (Å²) in [6.07, 6.45) is 0.938. The van der Waals surface area contributed by atoms with E-state index in [1.165, 1.54) is 17.4 Å². The maximum Gasteiger partial charge on any atom is 0.269 e. The van der Waals surface area contributed by atoms with Crippen LogP contribution in [0.2, 0.25) is 0 Å². The third-order valence-corrected chi connectivity index (χ3v) is 5.17. The fourth-order valence-electron chi connectivity index (χ4n) is 1.65. The Bertz CT molecular complexity index is 615. The molecule has 100 valence electrons. The Morgan fingerprint density at radius 1 is 1.47 bits per heavy atom. The fourth-order valence-corrected chi connectivity index (χ4v) is 3.01. The molecule has 0 aliphatic heterocycles. The number of nitrogens with zero attached hydrogens (tertiary/aromatic N) is 3. The van der Waals surface area contributed by atoms with Gasteiger partial charge >= 0.3 is 0 Å². The monoisotopic (exact) mass is 341 g/mol. The van der Waals surface area contributed by atoms with Crippen LogP contribution < -0.4 is 0 Å². The lowest BCUT2D eigenvalue weighted by atomic mass is 10.1. The van der Waals surface area contributed by atoms with Gasteiger partial charge in [0.05, 0.1) is 9.75 Å². The van der Waals surface area contributed by atoms with Crippen LogP contribution in [0.25, 0.3) is 10.6 Å². The van der Waals surface area contributed by atoms with E-state index in [1.54, 1.807) is 12.1 Å². The number of halogens is 1. The number of nitro groups is 1. The number of aromatic nitrogens is 2. The van der Waals surface area contributed by atoms with Gasteiger partial charge in [-0.2, -0.15) is 0 Å². The van der Waals surface area contributed by atoms with Crippen LogP contribution in [0.1, 0.15) is 28.7 Å². The largest absolute Gasteiger partial charge is 0.269 e. The Morgan fingerprint density at radius 3 is 2.79 bits per heavy atom. The van der Waals surface area contributed by atoms with Crippen molar-refractivity contribution in [3.8, 4) is 10.6 Å². The molecule has 0 saturated carbocycles. The highest BCUT2D eigenvalue weighted by atomic mass is 79.9. The molecule has 1 heterocycles. The third-order valence-electron chi connectivity index (χ3n) is 2.72. The SMILES string of the molecule is CCC(Br)c1nnc(-c2ccc([N+](=O)[O-])cc2C)s1. The molecule has 0 radical (unpaired) electrons. The summed E-state index contributed by atoms with van der Waals surface area (Å²) in [5.41, 5.74) is 1.82. The topological polar surface area (TPSA) is 68.9 Å². The minimum atomic E-state index is -0.395. The van der Waals surface area contributed by atoms with E-state index in [4.69, 9.17) is 0 Å². The molecular weight excluding hydrogens is 330 g/mol. The van der Waals surface area contributed by atoms with E-state index in [1.807, 2.05) is 6.92 Å². The van der Waals surface area contributed by atoms with Crippen molar-refractivity contribution < 1.29 is 4.92 Å². The maximum atomic E-state index is 10.7. The molecular formula is C12H12BrN3O2S. The molecule has 0 aliphatic carbocycles. The molecule has 19 heavy (non-hydrogen) atoms. The Labute approximate surface area is 123 Å². The number of nitro benzene ring substituents is 1. The number of benzene rings is 1. The summed E-state index contributed by atoms with van der Waals surface area (Å²) in [7, 11) is 0. The lowest BCUT2D eigenvalue weighted by Gasteiger charge is -2.01. The second-order valence-corrected chi connectivity index (χ2v) is 6.19. The Hall–Kier alpha value is -1.34. The van der Waals surface area contributed by atoms with Crippen molar-refractivity contribution in [2.24, 2.45) is 0 Å². The van der Waals surface area contributed by atoms with Crippen molar-refractivity contribution in [2.75, 3.05) is 0 Å². The second kappa shape index (κ2) is 5.75. The highest BCUT2D eigenvalue weighted by molar-refractivity contribution is 9.09. The smallest absolute Gasteiger partial charge is 0.258 e. The summed E-state index contributed by atoms with van der Waals surface area (Å²) in [5.74, 6) is 0. The van der Waals surface area contributed by atoms with Crippen molar-refractivity contribution in [3.63, 3.8) is 0 Å². The standard InChI is InChI=1S/C12H12BrN3O2S/c1-3-10(13)12-15-14-11(19-12)9-5-4-8(16(17)18)6-7(9)2/h4-6,10H,3H2,1-2H3. The van der Waals surface area contributed by atoms with Crippen LogP contribution in [0.5, 0.6) is 0 Å². The van der Waals surface area contributed by atoms with Gasteiger partial charge in [0.25, 0.3) is 5.69 Å². The van der Waals surface area contributed by atoms with Crippen LogP contribution in [0.15, 0.2) is 18.2 Å². The quantitative estimate of drug-likeness (QED) is 0.473. The van der Waals surface area contributed by atoms with Crippen LogP contribution >= 0.6 is 27.3 Å². The van der Waals surface area contributed by atoms with Gasteiger partial charge in [0, 0.05) is 17.7 Å². The number of alkyl halides is 1. The van der Waals surface area contributed by atoms with E-state index in [2.05, 4.69) is 33.1 Å². The molecule has 1 unspecified atom stereocenters. The summed E-state index contributed by atoms with van der Waals surface area (Å²) in [5, 5.41) is 20.7. The number of hydrogen-bond donors (Lipinski definition) is 0. The first-order valence-corrected chi connectivity index (χ1v) is 7.49. The molecule has 0 bridgehead atoms. The van der Waals surface area contributed by atoms with Gasteiger partial charge in [-0.3, -0.25) is 10.1 Å². The molecule has 0 saturated heterocycles. The summed E-state index contributed by atoms with van der Waals surface area (Å²) in [4.78, 5) is 10.5. The first-order valence-electron chi connectivity index (χ1n) is 5.75. The fraction of sp³-hybridized carbons (Fsp3) is 0.333. The van der Waals surface area contributed by atoms with Gasteiger partial charge < -0.3 is 0 Å². The van der Waals surface area contributed by atoms with Gasteiger partial charge in [0.15, 0.2) is 0 Å². The minimum absolute atomic E-state index is 0.0953. The summed E-state index contributed by atoms with van der Waals surface area (Å²) in [6, 6.07) is 4.78. The van der Waals surface area contributed by atoms with Gasteiger partial charge in [-0.25, -0.2) is 0 Å². The van der Waals surface area contributed by atoms with Crippen LogP contribution in [0, 0.1) is 17.0 Å². The normalized spacial score (nSPS) is 12.4. The molecule has 1 aromatic heterocycles. The zero-order valence-electron chi connectivity index (χ0n) is 10.5. The van der Waals surface area contributed by atoms with Crippen molar-refractivity contribution in [2.45, 2.75) is 25.1 Å². The predicted molar refractivity (Wildman–Crippen MR) is 78.7 cm³/mol. The van der Waals surface area contributed by atoms with E-state index in [0.717, 1.165) is 27.6 Å². The average Bonchev–Trinajstić information content (AvgIpc) is 2.87. The van der Waals surface area contributed by atoms with Crippen molar-refractivity contribution in [1.82, 2.24) is 10.2 Å². The highest BCUT2D eigenvalue weighted by Gasteiger charge is 2.15.